The third kappa shape index (κ3) is 2.84. The average Bonchev–Trinajstić information content (AvgIpc) is 2.66. The standard InChI is InChI=1S/C11H13BrN4OS/c1-5(2)8(9(13)17)18-11-15-7-3-6(12)4-14-10(7)16-11/h3-5,8H,1-2H3,(H2,13,17)(H,14,15,16)/t8-/m0/s1. The zero-order valence-electron chi connectivity index (χ0n) is 9.98. The molecule has 1 amide bonds. The molecular formula is C11H13BrN4OS. The molecule has 0 spiro atoms. The molecule has 18 heavy (non-hydrogen) atoms. The first-order chi connectivity index (χ1) is 8.47. The summed E-state index contributed by atoms with van der Waals surface area (Å²) in [6, 6.07) is 1.90. The Bertz CT molecular complexity index is 583. The number of halogens is 1. The number of carbonyl (C=O) groups is 1. The Morgan fingerprint density at radius 3 is 2.89 bits per heavy atom. The van der Waals surface area contributed by atoms with Crippen molar-refractivity contribution in [2.24, 2.45) is 11.7 Å². The number of hydrogen-bond donors (Lipinski definition) is 2. The quantitative estimate of drug-likeness (QED) is 0.843. The molecule has 0 saturated heterocycles. The van der Waals surface area contributed by atoms with Crippen LogP contribution in [0.4, 0.5) is 0 Å². The van der Waals surface area contributed by atoms with Gasteiger partial charge in [-0.1, -0.05) is 25.6 Å². The lowest BCUT2D eigenvalue weighted by atomic mass is 10.1. The molecule has 96 valence electrons. The summed E-state index contributed by atoms with van der Waals surface area (Å²) in [5, 5.41) is 0.363. The fourth-order valence-corrected chi connectivity index (χ4v) is 2.82. The number of nitrogens with zero attached hydrogens (tertiary/aromatic N) is 2. The van der Waals surface area contributed by atoms with E-state index in [4.69, 9.17) is 5.73 Å². The minimum absolute atomic E-state index is 0.153. The van der Waals surface area contributed by atoms with E-state index in [0.717, 1.165) is 9.99 Å². The summed E-state index contributed by atoms with van der Waals surface area (Å²) in [6.45, 7) is 3.92. The Hall–Kier alpha value is -1.08. The van der Waals surface area contributed by atoms with E-state index >= 15 is 0 Å². The number of imidazole rings is 1. The summed E-state index contributed by atoms with van der Waals surface area (Å²) in [6.07, 6.45) is 1.69. The average molecular weight is 329 g/mol. The van der Waals surface area contributed by atoms with Gasteiger partial charge in [-0.15, -0.1) is 0 Å². The van der Waals surface area contributed by atoms with Gasteiger partial charge in [0.05, 0.1) is 10.8 Å². The highest BCUT2D eigenvalue weighted by atomic mass is 79.9. The molecule has 2 rings (SSSR count). The number of carbonyl (C=O) groups excluding carboxylic acids is 1. The Morgan fingerprint density at radius 2 is 2.28 bits per heavy atom. The molecule has 2 heterocycles. The van der Waals surface area contributed by atoms with E-state index in [1.807, 2.05) is 19.9 Å². The van der Waals surface area contributed by atoms with E-state index in [2.05, 4.69) is 30.9 Å². The molecule has 0 unspecified atom stereocenters. The van der Waals surface area contributed by atoms with Crippen LogP contribution in [0.5, 0.6) is 0 Å². The second-order valence-corrected chi connectivity index (χ2v) is 6.30. The summed E-state index contributed by atoms with van der Waals surface area (Å²) in [5.41, 5.74) is 6.84. The van der Waals surface area contributed by atoms with Crippen molar-refractivity contribution in [1.29, 1.82) is 0 Å². The largest absolute Gasteiger partial charge is 0.369 e. The van der Waals surface area contributed by atoms with Crippen LogP contribution in [0.25, 0.3) is 11.2 Å². The Labute approximate surface area is 117 Å². The monoisotopic (exact) mass is 328 g/mol. The molecule has 0 aliphatic rings. The number of fused-ring (bicyclic) bond motifs is 1. The van der Waals surface area contributed by atoms with Crippen LogP contribution in [-0.2, 0) is 4.79 Å². The van der Waals surface area contributed by atoms with E-state index in [0.29, 0.717) is 10.8 Å². The van der Waals surface area contributed by atoms with Crippen LogP contribution in [0.1, 0.15) is 13.8 Å². The number of rotatable bonds is 4. The molecule has 0 radical (unpaired) electrons. The lowest BCUT2D eigenvalue weighted by Crippen LogP contribution is -2.30. The predicted molar refractivity (Wildman–Crippen MR) is 75.3 cm³/mol. The zero-order valence-corrected chi connectivity index (χ0v) is 12.4. The molecule has 2 aromatic heterocycles. The maximum atomic E-state index is 11.4. The van der Waals surface area contributed by atoms with Crippen molar-refractivity contribution in [2.75, 3.05) is 0 Å². The SMILES string of the molecule is CC(C)[C@H](Sc1nc2ncc(Br)cc2[nH]1)C(N)=O. The van der Waals surface area contributed by atoms with Gasteiger partial charge in [-0.25, -0.2) is 9.97 Å². The van der Waals surface area contributed by atoms with Crippen molar-refractivity contribution in [1.82, 2.24) is 15.0 Å². The lowest BCUT2D eigenvalue weighted by molar-refractivity contribution is -0.118. The number of H-pyrrole nitrogens is 1. The molecule has 7 heteroatoms. The first-order valence-electron chi connectivity index (χ1n) is 5.44. The van der Waals surface area contributed by atoms with Gasteiger partial charge in [-0.05, 0) is 27.9 Å². The minimum atomic E-state index is -0.329. The van der Waals surface area contributed by atoms with Gasteiger partial charge >= 0.3 is 0 Å². The summed E-state index contributed by atoms with van der Waals surface area (Å²) < 4.78 is 0.880. The number of hydrogen-bond acceptors (Lipinski definition) is 4. The van der Waals surface area contributed by atoms with Crippen LogP contribution in [-0.4, -0.2) is 26.1 Å². The number of nitrogens with one attached hydrogen (secondary N) is 1. The molecule has 0 aliphatic carbocycles. The molecule has 5 nitrogen and oxygen atoms in total. The number of aromatic amines is 1. The van der Waals surface area contributed by atoms with Gasteiger partial charge in [-0.3, -0.25) is 4.79 Å². The maximum absolute atomic E-state index is 11.4. The topological polar surface area (TPSA) is 84.7 Å². The van der Waals surface area contributed by atoms with Crippen molar-refractivity contribution < 1.29 is 4.79 Å². The van der Waals surface area contributed by atoms with Gasteiger partial charge in [0.2, 0.25) is 5.91 Å². The fraction of sp³-hybridized carbons (Fsp3) is 0.364. The van der Waals surface area contributed by atoms with Crippen LogP contribution < -0.4 is 5.73 Å². The number of pyridine rings is 1. The summed E-state index contributed by atoms with van der Waals surface area (Å²) >= 11 is 4.69. The van der Waals surface area contributed by atoms with Crippen molar-refractivity contribution in [3.8, 4) is 0 Å². The molecular weight excluding hydrogens is 316 g/mol. The smallest absolute Gasteiger partial charge is 0.231 e. The maximum Gasteiger partial charge on any atom is 0.231 e. The van der Waals surface area contributed by atoms with Crippen LogP contribution in [0.3, 0.4) is 0 Å². The Kier molecular flexibility index (Phi) is 3.91. The third-order valence-electron chi connectivity index (χ3n) is 2.41. The first kappa shape index (κ1) is 13.4. The van der Waals surface area contributed by atoms with E-state index in [-0.39, 0.29) is 17.1 Å². The molecule has 0 aliphatic heterocycles. The first-order valence-corrected chi connectivity index (χ1v) is 7.12. The van der Waals surface area contributed by atoms with Crippen LogP contribution in [0.2, 0.25) is 0 Å². The zero-order chi connectivity index (χ0) is 13.3. The second-order valence-electron chi connectivity index (χ2n) is 4.25. The fourth-order valence-electron chi connectivity index (χ4n) is 1.55. The molecule has 0 bridgehead atoms. The second kappa shape index (κ2) is 5.27. The van der Waals surface area contributed by atoms with Crippen molar-refractivity contribution in [3.63, 3.8) is 0 Å². The molecule has 0 fully saturated rings. The van der Waals surface area contributed by atoms with Gasteiger partial charge in [0.25, 0.3) is 0 Å². The van der Waals surface area contributed by atoms with E-state index < -0.39 is 0 Å². The third-order valence-corrected chi connectivity index (χ3v) is 4.29. The Morgan fingerprint density at radius 1 is 1.56 bits per heavy atom. The summed E-state index contributed by atoms with van der Waals surface area (Å²) in [5.74, 6) is -0.176. The summed E-state index contributed by atoms with van der Waals surface area (Å²) in [7, 11) is 0. The molecule has 2 aromatic rings. The number of nitrogens with two attached hydrogens (primary N) is 1. The van der Waals surface area contributed by atoms with E-state index in [1.165, 1.54) is 11.8 Å². The molecule has 0 aromatic carbocycles. The normalized spacial score (nSPS) is 13.1. The van der Waals surface area contributed by atoms with Crippen molar-refractivity contribution in [2.45, 2.75) is 24.3 Å². The number of primary amides is 1. The predicted octanol–water partition coefficient (Wildman–Crippen LogP) is 2.32. The van der Waals surface area contributed by atoms with Crippen LogP contribution >= 0.6 is 27.7 Å². The number of amides is 1. The molecule has 3 N–H and O–H groups in total. The van der Waals surface area contributed by atoms with Gasteiger partial charge in [0.15, 0.2) is 10.8 Å². The lowest BCUT2D eigenvalue weighted by Gasteiger charge is -2.14. The Balaban J connectivity index is 2.28. The number of aromatic nitrogens is 3. The molecule has 0 saturated carbocycles. The van der Waals surface area contributed by atoms with Gasteiger partial charge in [0, 0.05) is 10.7 Å². The highest BCUT2D eigenvalue weighted by Crippen LogP contribution is 2.27. The van der Waals surface area contributed by atoms with Crippen LogP contribution in [0.15, 0.2) is 21.9 Å². The van der Waals surface area contributed by atoms with E-state index in [9.17, 15) is 4.79 Å². The highest BCUT2D eigenvalue weighted by Gasteiger charge is 2.22. The summed E-state index contributed by atoms with van der Waals surface area (Å²) in [4.78, 5) is 23.0. The minimum Gasteiger partial charge on any atom is -0.369 e. The van der Waals surface area contributed by atoms with Crippen LogP contribution in [0, 0.1) is 5.92 Å². The van der Waals surface area contributed by atoms with Gasteiger partial charge < -0.3 is 10.7 Å². The van der Waals surface area contributed by atoms with E-state index in [1.54, 1.807) is 6.20 Å². The van der Waals surface area contributed by atoms with Crippen molar-refractivity contribution >= 4 is 44.8 Å². The highest BCUT2D eigenvalue weighted by molar-refractivity contribution is 9.10. The van der Waals surface area contributed by atoms with Crippen molar-refractivity contribution in [3.05, 3.63) is 16.7 Å². The molecule has 1 atom stereocenters. The van der Waals surface area contributed by atoms with Gasteiger partial charge in [0.1, 0.15) is 0 Å². The number of thioether (sulfide) groups is 1. The van der Waals surface area contributed by atoms with Gasteiger partial charge in [-0.2, -0.15) is 0 Å².